The molecule has 1 N–H and O–H groups in total. The SMILES string of the molecule is CC.CCCCC(CNC)OC. The van der Waals surface area contributed by atoms with Crippen LogP contribution in [-0.4, -0.2) is 26.8 Å². The lowest BCUT2D eigenvalue weighted by atomic mass is 10.1. The molecule has 0 saturated carbocycles. The summed E-state index contributed by atoms with van der Waals surface area (Å²) in [6, 6.07) is 0. The highest BCUT2D eigenvalue weighted by molar-refractivity contribution is 4.58. The summed E-state index contributed by atoms with van der Waals surface area (Å²) in [5.41, 5.74) is 0. The van der Waals surface area contributed by atoms with E-state index in [-0.39, 0.29) is 0 Å². The van der Waals surface area contributed by atoms with Crippen molar-refractivity contribution >= 4 is 0 Å². The van der Waals surface area contributed by atoms with E-state index in [2.05, 4.69) is 12.2 Å². The van der Waals surface area contributed by atoms with Gasteiger partial charge < -0.3 is 10.1 Å². The molecule has 0 fully saturated rings. The fourth-order valence-corrected chi connectivity index (χ4v) is 0.963. The van der Waals surface area contributed by atoms with Crippen LogP contribution in [0.3, 0.4) is 0 Å². The first kappa shape index (κ1) is 14.4. The molecule has 0 aromatic carbocycles. The molecule has 76 valence electrons. The van der Waals surface area contributed by atoms with Crippen LogP contribution in [0.25, 0.3) is 0 Å². The fourth-order valence-electron chi connectivity index (χ4n) is 0.963. The largest absolute Gasteiger partial charge is 0.380 e. The maximum atomic E-state index is 5.23. The first-order chi connectivity index (χ1) is 5.85. The van der Waals surface area contributed by atoms with Crippen LogP contribution in [0.4, 0.5) is 0 Å². The van der Waals surface area contributed by atoms with Crippen LogP contribution >= 0.6 is 0 Å². The Morgan fingerprint density at radius 1 is 1.33 bits per heavy atom. The summed E-state index contributed by atoms with van der Waals surface area (Å²) in [5.74, 6) is 0. The second kappa shape index (κ2) is 13.5. The third-order valence-corrected chi connectivity index (χ3v) is 1.64. The van der Waals surface area contributed by atoms with Crippen molar-refractivity contribution in [3.63, 3.8) is 0 Å². The summed E-state index contributed by atoms with van der Waals surface area (Å²) in [6.07, 6.45) is 4.10. The monoisotopic (exact) mass is 175 g/mol. The molecule has 0 spiro atoms. The molecule has 0 aromatic heterocycles. The summed E-state index contributed by atoms with van der Waals surface area (Å²) in [5, 5.41) is 3.10. The van der Waals surface area contributed by atoms with Crippen LogP contribution in [0.1, 0.15) is 40.0 Å². The third-order valence-electron chi connectivity index (χ3n) is 1.64. The molecule has 2 nitrogen and oxygen atoms in total. The van der Waals surface area contributed by atoms with Gasteiger partial charge in [-0.05, 0) is 13.5 Å². The van der Waals surface area contributed by atoms with Crippen molar-refractivity contribution in [1.82, 2.24) is 5.32 Å². The number of methoxy groups -OCH3 is 1. The summed E-state index contributed by atoms with van der Waals surface area (Å²) in [7, 11) is 3.73. The normalized spacial score (nSPS) is 11.8. The van der Waals surface area contributed by atoms with E-state index in [9.17, 15) is 0 Å². The second-order valence-electron chi connectivity index (χ2n) is 2.56. The van der Waals surface area contributed by atoms with E-state index in [0.29, 0.717) is 6.10 Å². The average molecular weight is 175 g/mol. The first-order valence-corrected chi connectivity index (χ1v) is 5.02. The van der Waals surface area contributed by atoms with Gasteiger partial charge >= 0.3 is 0 Å². The minimum absolute atomic E-state index is 0.407. The molecular weight excluding hydrogens is 150 g/mol. The molecule has 0 radical (unpaired) electrons. The summed E-state index contributed by atoms with van der Waals surface area (Å²) in [4.78, 5) is 0. The zero-order valence-corrected chi connectivity index (χ0v) is 9.31. The standard InChI is InChI=1S/C8H19NO.C2H6/c1-4-5-6-8(10-3)7-9-2;1-2/h8-9H,4-7H2,1-3H3;1-2H3. The molecule has 0 bridgehead atoms. The predicted octanol–water partition coefficient (Wildman–Crippen LogP) is 2.44. The highest BCUT2D eigenvalue weighted by Crippen LogP contribution is 2.01. The van der Waals surface area contributed by atoms with Gasteiger partial charge in [-0.1, -0.05) is 33.6 Å². The van der Waals surface area contributed by atoms with Crippen molar-refractivity contribution in [3.8, 4) is 0 Å². The van der Waals surface area contributed by atoms with Crippen molar-refractivity contribution in [2.24, 2.45) is 0 Å². The van der Waals surface area contributed by atoms with E-state index in [1.54, 1.807) is 7.11 Å². The van der Waals surface area contributed by atoms with Gasteiger partial charge in [0.2, 0.25) is 0 Å². The maximum Gasteiger partial charge on any atom is 0.0695 e. The quantitative estimate of drug-likeness (QED) is 0.669. The van der Waals surface area contributed by atoms with Gasteiger partial charge in [0.25, 0.3) is 0 Å². The van der Waals surface area contributed by atoms with E-state index in [1.807, 2.05) is 20.9 Å². The highest BCUT2D eigenvalue weighted by atomic mass is 16.5. The molecule has 0 aromatic rings. The van der Waals surface area contributed by atoms with E-state index < -0.39 is 0 Å². The third kappa shape index (κ3) is 9.92. The zero-order chi connectivity index (χ0) is 9.82. The fraction of sp³-hybridized carbons (Fsp3) is 1.00. The van der Waals surface area contributed by atoms with Crippen LogP contribution < -0.4 is 5.32 Å². The maximum absolute atomic E-state index is 5.23. The minimum Gasteiger partial charge on any atom is -0.380 e. The lowest BCUT2D eigenvalue weighted by Crippen LogP contribution is -2.25. The van der Waals surface area contributed by atoms with Crippen LogP contribution in [0.2, 0.25) is 0 Å². The minimum atomic E-state index is 0.407. The van der Waals surface area contributed by atoms with E-state index in [0.717, 1.165) is 6.54 Å². The number of unbranched alkanes of at least 4 members (excludes halogenated alkanes) is 1. The van der Waals surface area contributed by atoms with Crippen LogP contribution in [0.5, 0.6) is 0 Å². The summed E-state index contributed by atoms with van der Waals surface area (Å²) in [6.45, 7) is 7.17. The molecular formula is C10H25NO. The molecule has 0 rings (SSSR count). The van der Waals surface area contributed by atoms with Crippen LogP contribution in [0, 0.1) is 0 Å². The van der Waals surface area contributed by atoms with Gasteiger partial charge in [-0.25, -0.2) is 0 Å². The Labute approximate surface area is 77.7 Å². The Bertz CT molecular complexity index is 66.9. The summed E-state index contributed by atoms with van der Waals surface area (Å²) >= 11 is 0. The van der Waals surface area contributed by atoms with Crippen LogP contribution in [-0.2, 0) is 4.74 Å². The molecule has 0 aliphatic heterocycles. The van der Waals surface area contributed by atoms with Gasteiger partial charge in [0.15, 0.2) is 0 Å². The lowest BCUT2D eigenvalue weighted by Gasteiger charge is -2.13. The molecule has 1 unspecified atom stereocenters. The Morgan fingerprint density at radius 2 is 1.92 bits per heavy atom. The van der Waals surface area contributed by atoms with Crippen molar-refractivity contribution in [3.05, 3.63) is 0 Å². The van der Waals surface area contributed by atoms with Gasteiger partial charge in [0.1, 0.15) is 0 Å². The van der Waals surface area contributed by atoms with Gasteiger partial charge in [-0.15, -0.1) is 0 Å². The molecule has 12 heavy (non-hydrogen) atoms. The van der Waals surface area contributed by atoms with Gasteiger partial charge in [-0.2, -0.15) is 0 Å². The van der Waals surface area contributed by atoms with Crippen molar-refractivity contribution in [2.75, 3.05) is 20.7 Å². The molecule has 0 heterocycles. The van der Waals surface area contributed by atoms with Crippen molar-refractivity contribution < 1.29 is 4.74 Å². The Kier molecular flexibility index (Phi) is 16.3. The van der Waals surface area contributed by atoms with E-state index in [4.69, 9.17) is 4.74 Å². The van der Waals surface area contributed by atoms with Gasteiger partial charge in [0, 0.05) is 13.7 Å². The predicted molar refractivity (Wildman–Crippen MR) is 55.6 cm³/mol. The molecule has 0 saturated heterocycles. The molecule has 0 aliphatic rings. The van der Waals surface area contributed by atoms with Crippen molar-refractivity contribution in [2.45, 2.75) is 46.1 Å². The first-order valence-electron chi connectivity index (χ1n) is 5.02. The number of hydrogen-bond acceptors (Lipinski definition) is 2. The second-order valence-corrected chi connectivity index (χ2v) is 2.56. The van der Waals surface area contributed by atoms with Crippen molar-refractivity contribution in [1.29, 1.82) is 0 Å². The number of rotatable bonds is 6. The topological polar surface area (TPSA) is 21.3 Å². The Balaban J connectivity index is 0. The molecule has 1 atom stereocenters. The number of ether oxygens (including phenoxy) is 1. The Morgan fingerprint density at radius 3 is 2.25 bits per heavy atom. The molecule has 2 heteroatoms. The van der Waals surface area contributed by atoms with E-state index in [1.165, 1.54) is 19.3 Å². The number of nitrogens with one attached hydrogen (secondary N) is 1. The summed E-state index contributed by atoms with van der Waals surface area (Å²) < 4.78 is 5.23. The smallest absolute Gasteiger partial charge is 0.0695 e. The Hall–Kier alpha value is -0.0800. The van der Waals surface area contributed by atoms with Gasteiger partial charge in [0.05, 0.1) is 6.10 Å². The van der Waals surface area contributed by atoms with E-state index >= 15 is 0 Å². The van der Waals surface area contributed by atoms with Gasteiger partial charge in [-0.3, -0.25) is 0 Å². The highest BCUT2D eigenvalue weighted by Gasteiger charge is 2.03. The average Bonchev–Trinajstić information content (AvgIpc) is 2.15. The van der Waals surface area contributed by atoms with Crippen LogP contribution in [0.15, 0.2) is 0 Å². The molecule has 0 aliphatic carbocycles. The number of hydrogen-bond donors (Lipinski definition) is 1. The lowest BCUT2D eigenvalue weighted by molar-refractivity contribution is 0.0943. The zero-order valence-electron chi connectivity index (χ0n) is 9.31. The number of likely N-dealkylation sites (N-methyl/N-ethyl adjacent to an activating group) is 1. The molecule has 0 amide bonds.